The van der Waals surface area contributed by atoms with Crippen LogP contribution in [-0.4, -0.2) is 44.8 Å². The average Bonchev–Trinajstić information content (AvgIpc) is 2.81. The van der Waals surface area contributed by atoms with Crippen molar-refractivity contribution < 1.29 is 36.3 Å². The predicted molar refractivity (Wildman–Crippen MR) is 98.6 cm³/mol. The van der Waals surface area contributed by atoms with Gasteiger partial charge in [-0.2, -0.15) is 13.2 Å². The van der Waals surface area contributed by atoms with Crippen LogP contribution in [0.5, 0.6) is 5.75 Å². The summed E-state index contributed by atoms with van der Waals surface area (Å²) in [6.07, 6.45) is -4.52. The quantitative estimate of drug-likeness (QED) is 0.365. The van der Waals surface area contributed by atoms with Crippen LogP contribution in [0.2, 0.25) is 0 Å². The number of alkyl halides is 3. The number of hydrogen-bond acceptors (Lipinski definition) is 4. The lowest BCUT2D eigenvalue weighted by Crippen LogP contribution is -2.41. The van der Waals surface area contributed by atoms with Crippen LogP contribution in [-0.2, 0) is 14.0 Å². The van der Waals surface area contributed by atoms with E-state index in [4.69, 9.17) is 14.0 Å². The van der Waals surface area contributed by atoms with Crippen LogP contribution in [0.3, 0.4) is 0 Å². The highest BCUT2D eigenvalue weighted by molar-refractivity contribution is 6.55. The van der Waals surface area contributed by atoms with Gasteiger partial charge in [0, 0.05) is 0 Å². The van der Waals surface area contributed by atoms with E-state index in [2.05, 4.69) is 4.74 Å². The van der Waals surface area contributed by atoms with Crippen LogP contribution in [0.1, 0.15) is 39.7 Å². The molecule has 1 aromatic rings. The Labute approximate surface area is 162 Å². The van der Waals surface area contributed by atoms with Gasteiger partial charge in [0.15, 0.2) is 0 Å². The Morgan fingerprint density at radius 3 is 2.25 bits per heavy atom. The van der Waals surface area contributed by atoms with E-state index in [0.717, 1.165) is 0 Å². The maximum absolute atomic E-state index is 15.4. The molecule has 0 unspecified atom stereocenters. The summed E-state index contributed by atoms with van der Waals surface area (Å²) in [5.74, 6) is 0.493. The Bertz CT molecular complexity index is 700. The molecular weight excluding hydrogens is 379 g/mol. The van der Waals surface area contributed by atoms with Crippen molar-refractivity contribution in [1.82, 2.24) is 0 Å². The smallest absolute Gasteiger partial charge is 0.497 e. The van der Waals surface area contributed by atoms with Crippen molar-refractivity contribution in [2.75, 3.05) is 20.3 Å². The number of halogens is 4. The summed E-state index contributed by atoms with van der Waals surface area (Å²) >= 11 is 0. The highest BCUT2D eigenvalue weighted by Gasteiger charge is 2.53. The molecule has 156 valence electrons. The third-order valence-corrected chi connectivity index (χ3v) is 4.93. The van der Waals surface area contributed by atoms with E-state index in [0.29, 0.717) is 11.3 Å². The normalized spacial score (nSPS) is 19.5. The van der Waals surface area contributed by atoms with Gasteiger partial charge < -0.3 is 18.8 Å². The highest BCUT2D eigenvalue weighted by Crippen LogP contribution is 2.41. The van der Waals surface area contributed by atoms with Crippen molar-refractivity contribution in [1.29, 1.82) is 0 Å². The Balaban J connectivity index is 2.30. The summed E-state index contributed by atoms with van der Waals surface area (Å²) in [6.45, 7) is 5.46. The van der Waals surface area contributed by atoms with Crippen LogP contribution >= 0.6 is 0 Å². The number of methoxy groups -OCH3 is 1. The van der Waals surface area contributed by atoms with Gasteiger partial charge in [-0.3, -0.25) is 0 Å². The molecule has 0 aromatic heterocycles. The second-order valence-electron chi connectivity index (χ2n) is 7.56. The van der Waals surface area contributed by atoms with E-state index in [9.17, 15) is 13.2 Å². The first-order valence-electron chi connectivity index (χ1n) is 8.89. The fourth-order valence-electron chi connectivity index (χ4n) is 2.66. The molecule has 0 atom stereocenters. The van der Waals surface area contributed by atoms with Crippen molar-refractivity contribution in [2.45, 2.75) is 51.5 Å². The number of ether oxygens (including phenoxy) is 2. The van der Waals surface area contributed by atoms with Gasteiger partial charge in [-0.05, 0) is 57.4 Å². The monoisotopic (exact) mass is 404 g/mol. The molecule has 1 heterocycles. The van der Waals surface area contributed by atoms with Crippen molar-refractivity contribution >= 4 is 12.7 Å². The van der Waals surface area contributed by atoms with Gasteiger partial charge in [0.1, 0.15) is 18.1 Å². The maximum atomic E-state index is 15.4. The average molecular weight is 404 g/mol. The van der Waals surface area contributed by atoms with Gasteiger partial charge >= 0.3 is 13.3 Å². The Kier molecular flexibility index (Phi) is 6.84. The van der Waals surface area contributed by atoms with E-state index in [1.165, 1.54) is 7.11 Å². The lowest BCUT2D eigenvalue weighted by molar-refractivity contribution is -0.173. The molecule has 28 heavy (non-hydrogen) atoms. The van der Waals surface area contributed by atoms with Crippen molar-refractivity contribution in [2.24, 2.45) is 0 Å². The van der Waals surface area contributed by atoms with E-state index in [1.807, 2.05) is 0 Å². The molecule has 1 aliphatic rings. The second kappa shape index (κ2) is 8.43. The van der Waals surface area contributed by atoms with E-state index in [-0.39, 0.29) is 18.6 Å². The standard InChI is InChI=1S/C19H25BF4O4/c1-17(2)18(3,4)28-20(27-17)16(21)15(9-10-26-12-19(22,23)24)13-7-6-8-14(11-13)25-5/h6-8,11H,9-10,12H2,1-5H3. The molecule has 0 saturated carbocycles. The van der Waals surface area contributed by atoms with Crippen molar-refractivity contribution in [3.8, 4) is 5.75 Å². The minimum absolute atomic E-state index is 0.0842. The first kappa shape index (κ1) is 22.7. The molecule has 4 nitrogen and oxygen atoms in total. The molecule has 0 radical (unpaired) electrons. The van der Waals surface area contributed by atoms with Gasteiger partial charge in [-0.25, -0.2) is 4.39 Å². The van der Waals surface area contributed by atoms with Gasteiger partial charge in [0.25, 0.3) is 0 Å². The predicted octanol–water partition coefficient (Wildman–Crippen LogP) is 4.98. The fraction of sp³-hybridized carbons (Fsp3) is 0.579. The van der Waals surface area contributed by atoms with Crippen LogP contribution in [0.25, 0.3) is 5.57 Å². The SMILES string of the molecule is COc1cccc(C(CCOCC(F)(F)F)=C(F)B2OC(C)(C)C(C)(C)O2)c1. The molecule has 0 amide bonds. The summed E-state index contributed by atoms with van der Waals surface area (Å²) < 4.78 is 73.6. The fourth-order valence-corrected chi connectivity index (χ4v) is 2.66. The number of benzene rings is 1. The zero-order chi connectivity index (χ0) is 21.2. The number of hydrogen-bond donors (Lipinski definition) is 0. The van der Waals surface area contributed by atoms with Gasteiger partial charge in [0.2, 0.25) is 0 Å². The number of rotatable bonds is 7. The largest absolute Gasteiger partial charge is 0.525 e. The van der Waals surface area contributed by atoms with Gasteiger partial charge in [-0.15, -0.1) is 0 Å². The maximum Gasteiger partial charge on any atom is 0.525 e. The van der Waals surface area contributed by atoms with Crippen LogP contribution in [0, 0.1) is 0 Å². The van der Waals surface area contributed by atoms with Crippen LogP contribution < -0.4 is 4.74 Å². The Morgan fingerprint density at radius 1 is 1.11 bits per heavy atom. The summed E-state index contributed by atoms with van der Waals surface area (Å²) in [5.41, 5.74) is -1.58. The lowest BCUT2D eigenvalue weighted by atomic mass is 9.82. The molecule has 1 aromatic carbocycles. The zero-order valence-corrected chi connectivity index (χ0v) is 16.7. The molecule has 9 heteroatoms. The van der Waals surface area contributed by atoms with E-state index >= 15 is 4.39 Å². The molecule has 0 bridgehead atoms. The summed E-state index contributed by atoms with van der Waals surface area (Å²) in [5, 5.41) is 0. The molecule has 1 fully saturated rings. The van der Waals surface area contributed by atoms with Gasteiger partial charge in [0.05, 0.1) is 24.9 Å². The van der Waals surface area contributed by atoms with E-state index in [1.54, 1.807) is 52.0 Å². The molecule has 1 saturated heterocycles. The van der Waals surface area contributed by atoms with E-state index < -0.39 is 36.8 Å². The van der Waals surface area contributed by atoms with Gasteiger partial charge in [-0.1, -0.05) is 12.1 Å². The minimum atomic E-state index is -4.44. The second-order valence-corrected chi connectivity index (χ2v) is 7.56. The summed E-state index contributed by atoms with van der Waals surface area (Å²) in [6, 6.07) is 6.60. The third kappa shape index (κ3) is 5.49. The first-order valence-corrected chi connectivity index (χ1v) is 8.89. The minimum Gasteiger partial charge on any atom is -0.497 e. The van der Waals surface area contributed by atoms with Crippen LogP contribution in [0.4, 0.5) is 17.6 Å². The Hall–Kier alpha value is -1.58. The third-order valence-electron chi connectivity index (χ3n) is 4.93. The molecule has 1 aliphatic heterocycles. The van der Waals surface area contributed by atoms with Crippen molar-refractivity contribution in [3.05, 3.63) is 35.6 Å². The molecule has 0 spiro atoms. The first-order chi connectivity index (χ1) is 12.9. The highest BCUT2D eigenvalue weighted by atomic mass is 19.4. The van der Waals surface area contributed by atoms with Crippen LogP contribution in [0.15, 0.2) is 30.0 Å². The summed E-state index contributed by atoms with van der Waals surface area (Å²) in [4.78, 5) is 0. The topological polar surface area (TPSA) is 36.9 Å². The molecule has 0 N–H and O–H groups in total. The molecular formula is C19H25BF4O4. The van der Waals surface area contributed by atoms with Crippen molar-refractivity contribution in [3.63, 3.8) is 0 Å². The molecule has 2 rings (SSSR count). The lowest BCUT2D eigenvalue weighted by Gasteiger charge is -2.32. The Morgan fingerprint density at radius 2 is 1.71 bits per heavy atom. The molecule has 0 aliphatic carbocycles. The summed E-state index contributed by atoms with van der Waals surface area (Å²) in [7, 11) is 0.216. The zero-order valence-electron chi connectivity index (χ0n) is 16.7.